The number of hydrogen-bond acceptors (Lipinski definition) is 4. The highest BCUT2D eigenvalue weighted by Gasteiger charge is 2.14. The first-order valence-corrected chi connectivity index (χ1v) is 5.96. The third-order valence-corrected chi connectivity index (χ3v) is 2.70. The third kappa shape index (κ3) is 2.65. The van der Waals surface area contributed by atoms with Gasteiger partial charge in [-0.3, -0.25) is 4.57 Å². The Kier molecular flexibility index (Phi) is 4.05. The number of aliphatic imine (C=N–C) groups is 1. The van der Waals surface area contributed by atoms with Gasteiger partial charge in [0, 0.05) is 25.0 Å². The van der Waals surface area contributed by atoms with Crippen molar-refractivity contribution in [1.82, 2.24) is 9.55 Å². The minimum atomic E-state index is -0.363. The van der Waals surface area contributed by atoms with Gasteiger partial charge in [-0.25, -0.2) is 14.4 Å². The summed E-state index contributed by atoms with van der Waals surface area (Å²) in [6.45, 7) is 5.38. The molecular formula is C14H15FN4O. The van der Waals surface area contributed by atoms with Crippen LogP contribution >= 0.6 is 0 Å². The molecule has 104 valence electrons. The minimum Gasteiger partial charge on any atom is -0.377 e. The Bertz CT molecular complexity index is 703. The average molecular weight is 274 g/mol. The normalized spacial score (nSPS) is 11.8. The van der Waals surface area contributed by atoms with Crippen LogP contribution in [0.3, 0.4) is 0 Å². The van der Waals surface area contributed by atoms with Crippen LogP contribution in [0.2, 0.25) is 0 Å². The van der Waals surface area contributed by atoms with E-state index in [0.29, 0.717) is 28.4 Å². The molecule has 0 aliphatic carbocycles. The molecule has 5 nitrogen and oxygen atoms in total. The van der Waals surface area contributed by atoms with E-state index in [1.807, 2.05) is 0 Å². The molecule has 0 unspecified atom stereocenters. The number of ether oxygens (including phenoxy) is 1. The molecule has 6 heteroatoms. The van der Waals surface area contributed by atoms with E-state index < -0.39 is 0 Å². The Balaban J connectivity index is 2.75. The van der Waals surface area contributed by atoms with Crippen LogP contribution in [0.5, 0.6) is 0 Å². The lowest BCUT2D eigenvalue weighted by atomic mass is 10.3. The zero-order valence-corrected chi connectivity index (χ0v) is 11.4. The first kappa shape index (κ1) is 14.1. The number of methoxy groups -OCH3 is 1. The maximum atomic E-state index is 13.5. The molecule has 2 rings (SSSR count). The summed E-state index contributed by atoms with van der Waals surface area (Å²) in [5.74, 6) is 0.628. The SMILES string of the molecule is C=N/C(=C\C(C)=N)n1c(COC)nc2ccc(F)cc21. The topological polar surface area (TPSA) is 63.3 Å². The van der Waals surface area contributed by atoms with Crippen molar-refractivity contribution in [3.63, 3.8) is 0 Å². The smallest absolute Gasteiger partial charge is 0.141 e. The Hall–Kier alpha value is -2.34. The van der Waals surface area contributed by atoms with Gasteiger partial charge in [-0.2, -0.15) is 0 Å². The lowest BCUT2D eigenvalue weighted by Crippen LogP contribution is -2.04. The summed E-state index contributed by atoms with van der Waals surface area (Å²) in [5, 5.41) is 7.55. The van der Waals surface area contributed by atoms with Gasteiger partial charge < -0.3 is 10.1 Å². The Morgan fingerprint density at radius 3 is 2.95 bits per heavy atom. The molecule has 0 saturated heterocycles. The van der Waals surface area contributed by atoms with Crippen LogP contribution in [0, 0.1) is 11.2 Å². The van der Waals surface area contributed by atoms with Gasteiger partial charge in [0.05, 0.1) is 11.0 Å². The van der Waals surface area contributed by atoms with Crippen LogP contribution in [0.4, 0.5) is 4.39 Å². The molecule has 0 amide bonds. The van der Waals surface area contributed by atoms with Crippen LogP contribution in [0.15, 0.2) is 29.3 Å². The summed E-state index contributed by atoms with van der Waals surface area (Å²) in [6, 6.07) is 4.32. The first-order chi connectivity index (χ1) is 9.56. The number of imidazole rings is 1. The van der Waals surface area contributed by atoms with E-state index in [-0.39, 0.29) is 12.4 Å². The molecule has 0 spiro atoms. The van der Waals surface area contributed by atoms with Crippen molar-refractivity contribution in [1.29, 1.82) is 5.41 Å². The molecular weight excluding hydrogens is 259 g/mol. The fourth-order valence-corrected chi connectivity index (χ4v) is 1.95. The van der Waals surface area contributed by atoms with Gasteiger partial charge in [0.25, 0.3) is 0 Å². The van der Waals surface area contributed by atoms with Gasteiger partial charge in [0.2, 0.25) is 0 Å². The maximum absolute atomic E-state index is 13.5. The van der Waals surface area contributed by atoms with Gasteiger partial charge >= 0.3 is 0 Å². The summed E-state index contributed by atoms with van der Waals surface area (Å²) < 4.78 is 20.2. The molecule has 0 aliphatic heterocycles. The number of aromatic nitrogens is 2. The summed E-state index contributed by atoms with van der Waals surface area (Å²) in [4.78, 5) is 8.30. The van der Waals surface area contributed by atoms with Crippen LogP contribution in [0.1, 0.15) is 12.7 Å². The van der Waals surface area contributed by atoms with E-state index in [1.165, 1.54) is 18.2 Å². The number of fused-ring (bicyclic) bond motifs is 1. The minimum absolute atomic E-state index is 0.250. The first-order valence-electron chi connectivity index (χ1n) is 5.96. The van der Waals surface area contributed by atoms with E-state index >= 15 is 0 Å². The summed E-state index contributed by atoms with van der Waals surface area (Å²) in [5.41, 5.74) is 1.52. The third-order valence-electron chi connectivity index (χ3n) is 2.70. The van der Waals surface area contributed by atoms with Gasteiger partial charge in [-0.15, -0.1) is 0 Å². The highest BCUT2D eigenvalue weighted by Crippen LogP contribution is 2.23. The lowest BCUT2D eigenvalue weighted by Gasteiger charge is -2.08. The molecule has 1 heterocycles. The van der Waals surface area contributed by atoms with Crippen LogP contribution in [0.25, 0.3) is 16.9 Å². The van der Waals surface area contributed by atoms with Crippen molar-refractivity contribution in [3.8, 4) is 0 Å². The largest absolute Gasteiger partial charge is 0.377 e. The molecule has 0 saturated carbocycles. The molecule has 20 heavy (non-hydrogen) atoms. The second kappa shape index (κ2) is 5.75. The standard InChI is InChI=1S/C14H15FN4O/c1-9(16)6-13(17-2)19-12-7-10(15)4-5-11(12)18-14(19)8-20-3/h4-7,16H,2,8H2,1,3H3/b13-6+,16-9?. The van der Waals surface area contributed by atoms with Crippen LogP contribution < -0.4 is 0 Å². The second-order valence-electron chi connectivity index (χ2n) is 4.27. The number of halogens is 1. The number of hydrogen-bond donors (Lipinski definition) is 1. The molecule has 2 aromatic rings. The highest BCUT2D eigenvalue weighted by molar-refractivity contribution is 5.96. The van der Waals surface area contributed by atoms with Gasteiger partial charge in [-0.1, -0.05) is 0 Å². The van der Waals surface area contributed by atoms with Crippen LogP contribution in [-0.4, -0.2) is 29.1 Å². The van der Waals surface area contributed by atoms with E-state index in [1.54, 1.807) is 24.7 Å². The Morgan fingerprint density at radius 2 is 2.35 bits per heavy atom. The van der Waals surface area contributed by atoms with Gasteiger partial charge in [0.1, 0.15) is 24.1 Å². The molecule has 0 radical (unpaired) electrons. The van der Waals surface area contributed by atoms with E-state index in [9.17, 15) is 4.39 Å². The summed E-state index contributed by atoms with van der Waals surface area (Å²) in [7, 11) is 1.55. The zero-order chi connectivity index (χ0) is 14.7. The quantitative estimate of drug-likeness (QED) is 0.852. The Morgan fingerprint density at radius 1 is 1.60 bits per heavy atom. The van der Waals surface area contributed by atoms with Crippen molar-refractivity contribution < 1.29 is 9.13 Å². The average Bonchev–Trinajstić information content (AvgIpc) is 2.73. The van der Waals surface area contributed by atoms with E-state index in [0.717, 1.165) is 0 Å². The summed E-state index contributed by atoms with van der Waals surface area (Å²) >= 11 is 0. The van der Waals surface area contributed by atoms with Crippen molar-refractivity contribution in [2.45, 2.75) is 13.5 Å². The molecule has 1 aromatic heterocycles. The van der Waals surface area contributed by atoms with Gasteiger partial charge in [0.15, 0.2) is 0 Å². The van der Waals surface area contributed by atoms with Crippen molar-refractivity contribution in [2.24, 2.45) is 4.99 Å². The van der Waals surface area contributed by atoms with Gasteiger partial charge in [-0.05, 0) is 25.8 Å². The predicted molar refractivity (Wildman–Crippen MR) is 77.6 cm³/mol. The van der Waals surface area contributed by atoms with Crippen LogP contribution in [-0.2, 0) is 11.3 Å². The van der Waals surface area contributed by atoms with Crippen molar-refractivity contribution in [3.05, 3.63) is 35.9 Å². The number of benzene rings is 1. The number of nitrogens with zero attached hydrogens (tertiary/aromatic N) is 3. The number of nitrogens with one attached hydrogen (secondary N) is 1. The predicted octanol–water partition coefficient (Wildman–Crippen LogP) is 2.86. The Labute approximate surface area is 115 Å². The van der Waals surface area contributed by atoms with E-state index in [2.05, 4.69) is 16.7 Å². The molecule has 0 fully saturated rings. The molecule has 1 aromatic carbocycles. The fraction of sp³-hybridized carbons (Fsp3) is 0.214. The van der Waals surface area contributed by atoms with E-state index in [4.69, 9.17) is 10.1 Å². The summed E-state index contributed by atoms with van der Waals surface area (Å²) in [6.07, 6.45) is 1.54. The highest BCUT2D eigenvalue weighted by atomic mass is 19.1. The molecule has 1 N–H and O–H groups in total. The lowest BCUT2D eigenvalue weighted by molar-refractivity contribution is 0.177. The monoisotopic (exact) mass is 274 g/mol. The van der Waals surface area contributed by atoms with Crippen molar-refractivity contribution >= 4 is 29.3 Å². The maximum Gasteiger partial charge on any atom is 0.141 e. The molecule has 0 atom stereocenters. The fourth-order valence-electron chi connectivity index (χ4n) is 1.95. The molecule has 0 bridgehead atoms. The van der Waals surface area contributed by atoms with Crippen molar-refractivity contribution in [2.75, 3.05) is 7.11 Å². The zero-order valence-electron chi connectivity index (χ0n) is 11.4. The number of rotatable bonds is 5. The number of allylic oxidation sites excluding steroid dienone is 1. The molecule has 0 aliphatic rings. The second-order valence-corrected chi connectivity index (χ2v) is 4.27.